The molecule has 3 aromatic heterocycles. The van der Waals surface area contributed by atoms with Gasteiger partial charge in [0.15, 0.2) is 5.65 Å². The molecule has 4 heterocycles. The van der Waals surface area contributed by atoms with E-state index in [0.717, 1.165) is 41.4 Å². The van der Waals surface area contributed by atoms with E-state index in [9.17, 15) is 4.79 Å². The van der Waals surface area contributed by atoms with Crippen molar-refractivity contribution in [2.24, 2.45) is 0 Å². The quantitative estimate of drug-likeness (QED) is 0.780. The summed E-state index contributed by atoms with van der Waals surface area (Å²) in [6.07, 6.45) is 7.08. The molecule has 3 aromatic rings. The number of nitrogens with one attached hydrogen (secondary N) is 1. The molecule has 0 aliphatic carbocycles. The lowest BCUT2D eigenvalue weighted by molar-refractivity contribution is -0.131. The Morgan fingerprint density at radius 2 is 2.33 bits per heavy atom. The second-order valence-corrected chi connectivity index (χ2v) is 6.04. The number of nitrogens with zero attached hydrogens (tertiary/aromatic N) is 5. The smallest absolute Gasteiger partial charge is 0.236 e. The summed E-state index contributed by atoms with van der Waals surface area (Å²) < 4.78 is 0. The van der Waals surface area contributed by atoms with Gasteiger partial charge in [0.25, 0.3) is 0 Å². The first-order valence-corrected chi connectivity index (χ1v) is 7.99. The minimum absolute atomic E-state index is 0.0570. The van der Waals surface area contributed by atoms with Crippen LogP contribution in [-0.2, 0) is 4.79 Å². The highest BCUT2D eigenvalue weighted by Crippen LogP contribution is 2.33. The minimum Gasteiger partial charge on any atom is -0.360 e. The van der Waals surface area contributed by atoms with Gasteiger partial charge in [-0.3, -0.25) is 4.79 Å². The van der Waals surface area contributed by atoms with Gasteiger partial charge >= 0.3 is 0 Å². The van der Waals surface area contributed by atoms with Crippen molar-refractivity contribution in [3.05, 3.63) is 30.4 Å². The minimum atomic E-state index is -0.0890. The van der Waals surface area contributed by atoms with Crippen molar-refractivity contribution in [3.63, 3.8) is 0 Å². The van der Waals surface area contributed by atoms with Crippen LogP contribution < -0.4 is 0 Å². The van der Waals surface area contributed by atoms with E-state index in [1.54, 1.807) is 11.1 Å². The van der Waals surface area contributed by atoms with Crippen molar-refractivity contribution in [1.29, 1.82) is 5.26 Å². The lowest BCUT2D eigenvalue weighted by atomic mass is 9.88. The molecule has 0 radical (unpaired) electrons. The number of likely N-dealkylation sites (tertiary alicyclic amines) is 1. The molecule has 1 N–H and O–H groups in total. The van der Waals surface area contributed by atoms with Crippen LogP contribution in [0.2, 0.25) is 0 Å². The van der Waals surface area contributed by atoms with Crippen LogP contribution in [0.25, 0.3) is 22.1 Å². The highest BCUT2D eigenvalue weighted by atomic mass is 16.2. The van der Waals surface area contributed by atoms with Gasteiger partial charge in [0.2, 0.25) is 5.91 Å². The highest BCUT2D eigenvalue weighted by molar-refractivity contribution is 6.02. The number of hydrogen-bond acceptors (Lipinski definition) is 5. The van der Waals surface area contributed by atoms with E-state index in [4.69, 9.17) is 5.26 Å². The number of piperidine rings is 1. The number of aromatic nitrogens is 4. The molecule has 24 heavy (non-hydrogen) atoms. The van der Waals surface area contributed by atoms with Crippen molar-refractivity contribution >= 4 is 28.0 Å². The highest BCUT2D eigenvalue weighted by Gasteiger charge is 2.26. The van der Waals surface area contributed by atoms with E-state index in [-0.39, 0.29) is 18.2 Å². The molecule has 0 bridgehead atoms. The number of nitriles is 1. The van der Waals surface area contributed by atoms with Gasteiger partial charge in [-0.15, -0.1) is 0 Å². The molecule has 7 nitrogen and oxygen atoms in total. The molecule has 1 aliphatic rings. The SMILES string of the molecule is N#CCC(=O)N1CCCC(c2cc[nH]c3cnc4ncnc4c23)C1. The molecule has 1 aliphatic heterocycles. The Kier molecular flexibility index (Phi) is 3.58. The van der Waals surface area contributed by atoms with Crippen molar-refractivity contribution in [2.45, 2.75) is 25.2 Å². The standard InChI is InChI=1S/C17H16N6O/c18-5-3-14(24)23-7-1-2-11(9-23)12-4-6-19-13-8-20-17-16(15(12)13)21-10-22-17/h4,6,8,10-11,19H,1-3,7,9H2. The molecule has 1 unspecified atom stereocenters. The maximum Gasteiger partial charge on any atom is 0.236 e. The maximum absolute atomic E-state index is 12.1. The molecule has 7 heteroatoms. The third-order valence-corrected chi connectivity index (χ3v) is 4.64. The first-order valence-electron chi connectivity index (χ1n) is 7.99. The molecular formula is C17H16N6O. The number of carbonyl (C=O) groups excluding carboxylic acids is 1. The largest absolute Gasteiger partial charge is 0.360 e. The Labute approximate surface area is 138 Å². The molecule has 0 aromatic carbocycles. The van der Waals surface area contributed by atoms with E-state index < -0.39 is 0 Å². The van der Waals surface area contributed by atoms with Crippen molar-refractivity contribution in [2.75, 3.05) is 13.1 Å². The molecular weight excluding hydrogens is 304 g/mol. The summed E-state index contributed by atoms with van der Waals surface area (Å²) in [7, 11) is 0. The van der Waals surface area contributed by atoms with Crippen molar-refractivity contribution in [3.8, 4) is 6.07 Å². The summed E-state index contributed by atoms with van der Waals surface area (Å²) in [5, 5.41) is 9.79. The Bertz CT molecular complexity index is 957. The lowest BCUT2D eigenvalue weighted by Crippen LogP contribution is -2.38. The van der Waals surface area contributed by atoms with E-state index in [1.807, 2.05) is 12.3 Å². The first-order chi connectivity index (χ1) is 11.8. The number of fused-ring (bicyclic) bond motifs is 3. The number of pyridine rings is 2. The molecule has 0 saturated carbocycles. The third-order valence-electron chi connectivity index (χ3n) is 4.64. The fourth-order valence-corrected chi connectivity index (χ4v) is 3.53. The zero-order valence-corrected chi connectivity index (χ0v) is 13.1. The van der Waals surface area contributed by atoms with Gasteiger partial charge in [-0.1, -0.05) is 0 Å². The summed E-state index contributed by atoms with van der Waals surface area (Å²) in [5.74, 6) is 0.134. The molecule has 4 rings (SSSR count). The van der Waals surface area contributed by atoms with Gasteiger partial charge in [-0.25, -0.2) is 15.0 Å². The summed E-state index contributed by atoms with van der Waals surface area (Å²) >= 11 is 0. The van der Waals surface area contributed by atoms with Crippen LogP contribution in [0.4, 0.5) is 0 Å². The maximum atomic E-state index is 12.1. The number of aromatic amines is 1. The molecule has 1 amide bonds. The van der Waals surface area contributed by atoms with Crippen LogP contribution >= 0.6 is 0 Å². The number of H-pyrrole nitrogens is 1. The Balaban J connectivity index is 1.77. The molecule has 1 saturated heterocycles. The van der Waals surface area contributed by atoms with E-state index in [2.05, 4.69) is 26.0 Å². The van der Waals surface area contributed by atoms with Gasteiger partial charge < -0.3 is 9.88 Å². The van der Waals surface area contributed by atoms with Crippen LogP contribution in [0.3, 0.4) is 0 Å². The number of amides is 1. The Morgan fingerprint density at radius 3 is 3.21 bits per heavy atom. The van der Waals surface area contributed by atoms with Crippen LogP contribution in [0.1, 0.15) is 30.7 Å². The van der Waals surface area contributed by atoms with Gasteiger partial charge in [-0.2, -0.15) is 5.26 Å². The van der Waals surface area contributed by atoms with E-state index in [1.165, 1.54) is 6.33 Å². The van der Waals surface area contributed by atoms with Crippen LogP contribution in [0, 0.1) is 11.3 Å². The second-order valence-electron chi connectivity index (χ2n) is 6.04. The number of rotatable bonds is 2. The fraction of sp³-hybridized carbons (Fsp3) is 0.353. The van der Waals surface area contributed by atoms with E-state index >= 15 is 0 Å². The van der Waals surface area contributed by atoms with Crippen LogP contribution in [-0.4, -0.2) is 43.8 Å². The normalized spacial score (nSPS) is 18.0. The predicted octanol–water partition coefficient (Wildman–Crippen LogP) is 2.13. The fourth-order valence-electron chi connectivity index (χ4n) is 3.53. The topological polar surface area (TPSA) is 98.6 Å². The number of imidazole rings is 1. The average Bonchev–Trinajstić information content (AvgIpc) is 3.10. The third kappa shape index (κ3) is 2.36. The Morgan fingerprint density at radius 1 is 1.42 bits per heavy atom. The zero-order chi connectivity index (χ0) is 16.5. The summed E-state index contributed by atoms with van der Waals surface area (Å²) in [6.45, 7) is 1.36. The Hall–Kier alpha value is -3.01. The zero-order valence-electron chi connectivity index (χ0n) is 13.1. The first kappa shape index (κ1) is 14.6. The van der Waals surface area contributed by atoms with Crippen molar-refractivity contribution < 1.29 is 4.79 Å². The summed E-state index contributed by atoms with van der Waals surface area (Å²) in [6, 6.07) is 4.00. The molecule has 120 valence electrons. The number of carbonyl (C=O) groups is 1. The average molecular weight is 320 g/mol. The van der Waals surface area contributed by atoms with Gasteiger partial charge in [0, 0.05) is 30.6 Å². The summed E-state index contributed by atoms with van der Waals surface area (Å²) in [4.78, 5) is 30.0. The monoisotopic (exact) mass is 320 g/mol. The van der Waals surface area contributed by atoms with Crippen LogP contribution in [0.15, 0.2) is 24.8 Å². The van der Waals surface area contributed by atoms with Gasteiger partial charge in [0.1, 0.15) is 18.3 Å². The number of hydrogen-bond donors (Lipinski definition) is 1. The van der Waals surface area contributed by atoms with Crippen molar-refractivity contribution in [1.82, 2.24) is 24.8 Å². The molecule has 1 atom stereocenters. The molecule has 1 fully saturated rings. The van der Waals surface area contributed by atoms with Crippen LogP contribution in [0.5, 0.6) is 0 Å². The van der Waals surface area contributed by atoms with Gasteiger partial charge in [-0.05, 0) is 24.5 Å². The second kappa shape index (κ2) is 5.89. The summed E-state index contributed by atoms with van der Waals surface area (Å²) in [5.41, 5.74) is 3.50. The predicted molar refractivity (Wildman–Crippen MR) is 88.0 cm³/mol. The molecule has 0 spiro atoms. The lowest BCUT2D eigenvalue weighted by Gasteiger charge is -2.33. The van der Waals surface area contributed by atoms with Gasteiger partial charge in [0.05, 0.1) is 17.8 Å². The van der Waals surface area contributed by atoms with E-state index in [0.29, 0.717) is 12.2 Å².